The van der Waals surface area contributed by atoms with Gasteiger partial charge in [0, 0.05) is 68.7 Å². The Morgan fingerprint density at radius 1 is 1.24 bits per heavy atom. The number of carbonyl (C=O) groups excluding carboxylic acids is 1. The number of aromatic nitrogens is 3. The first kappa shape index (κ1) is 21.7. The summed E-state index contributed by atoms with van der Waals surface area (Å²) in [7, 11) is 1.70. The van der Waals surface area contributed by atoms with E-state index in [4.69, 9.17) is 19.4 Å². The van der Waals surface area contributed by atoms with Gasteiger partial charge in [-0.25, -0.2) is 9.97 Å². The first-order valence-electron chi connectivity index (χ1n) is 11.5. The van der Waals surface area contributed by atoms with Gasteiger partial charge in [0.05, 0.1) is 25.0 Å². The number of ether oxygens (including phenoxy) is 2. The number of hydrogen-bond donors (Lipinski definition) is 2. The number of benzene rings is 1. The smallest absolute Gasteiger partial charge is 0.239 e. The van der Waals surface area contributed by atoms with Crippen LogP contribution in [0.2, 0.25) is 0 Å². The van der Waals surface area contributed by atoms with Crippen LogP contribution in [0.25, 0.3) is 22.3 Å². The molecule has 2 aliphatic heterocycles. The first-order chi connectivity index (χ1) is 16.2. The van der Waals surface area contributed by atoms with E-state index in [1.165, 1.54) is 0 Å². The summed E-state index contributed by atoms with van der Waals surface area (Å²) in [6.07, 6.45) is 5.51. The number of anilines is 2. The van der Waals surface area contributed by atoms with E-state index in [9.17, 15) is 4.79 Å². The molecule has 1 aromatic carbocycles. The number of methoxy groups -OCH3 is 1. The third-order valence-corrected chi connectivity index (χ3v) is 6.35. The van der Waals surface area contributed by atoms with Gasteiger partial charge in [0.15, 0.2) is 11.6 Å². The summed E-state index contributed by atoms with van der Waals surface area (Å²) >= 11 is 0. The molecule has 9 heteroatoms. The van der Waals surface area contributed by atoms with Crippen molar-refractivity contribution in [3.05, 3.63) is 36.7 Å². The molecule has 2 aromatic heterocycles. The van der Waals surface area contributed by atoms with Crippen molar-refractivity contribution in [2.75, 3.05) is 62.9 Å². The molecule has 1 fully saturated rings. The SMILES string of the molecule is COCCN1CCN(CC(=O)NC2CCOCC2)c2cnc(-c3cccc4[nH]ccc34)nc21. The van der Waals surface area contributed by atoms with Gasteiger partial charge in [0.25, 0.3) is 0 Å². The summed E-state index contributed by atoms with van der Waals surface area (Å²) in [5.74, 6) is 1.55. The van der Waals surface area contributed by atoms with Gasteiger partial charge in [-0.2, -0.15) is 0 Å². The van der Waals surface area contributed by atoms with E-state index in [1.807, 2.05) is 36.7 Å². The van der Waals surface area contributed by atoms with Gasteiger partial charge < -0.3 is 29.6 Å². The Kier molecular flexibility index (Phi) is 6.41. The molecule has 174 valence electrons. The predicted molar refractivity (Wildman–Crippen MR) is 128 cm³/mol. The van der Waals surface area contributed by atoms with E-state index in [1.54, 1.807) is 7.11 Å². The topological polar surface area (TPSA) is 95.6 Å². The number of fused-ring (bicyclic) bond motifs is 2. The molecule has 3 aromatic rings. The minimum atomic E-state index is 0.0272. The third-order valence-electron chi connectivity index (χ3n) is 6.35. The molecule has 0 radical (unpaired) electrons. The summed E-state index contributed by atoms with van der Waals surface area (Å²) in [5.41, 5.74) is 2.92. The van der Waals surface area contributed by atoms with Crippen LogP contribution in [0.4, 0.5) is 11.5 Å². The van der Waals surface area contributed by atoms with Crippen molar-refractivity contribution < 1.29 is 14.3 Å². The van der Waals surface area contributed by atoms with E-state index in [0.29, 0.717) is 32.2 Å². The Hall–Kier alpha value is -3.17. The maximum Gasteiger partial charge on any atom is 0.239 e. The van der Waals surface area contributed by atoms with E-state index in [2.05, 4.69) is 20.1 Å². The molecule has 33 heavy (non-hydrogen) atoms. The molecule has 2 N–H and O–H groups in total. The van der Waals surface area contributed by atoms with Crippen molar-refractivity contribution in [2.24, 2.45) is 0 Å². The number of hydrogen-bond acceptors (Lipinski definition) is 7. The number of nitrogens with zero attached hydrogens (tertiary/aromatic N) is 4. The van der Waals surface area contributed by atoms with Crippen LogP contribution in [0.5, 0.6) is 0 Å². The van der Waals surface area contributed by atoms with Crippen molar-refractivity contribution in [3.63, 3.8) is 0 Å². The minimum absolute atomic E-state index is 0.0272. The molecule has 0 unspecified atom stereocenters. The highest BCUT2D eigenvalue weighted by Gasteiger charge is 2.27. The van der Waals surface area contributed by atoms with Gasteiger partial charge >= 0.3 is 0 Å². The van der Waals surface area contributed by atoms with Crippen LogP contribution >= 0.6 is 0 Å². The molecule has 0 spiro atoms. The quantitative estimate of drug-likeness (QED) is 0.570. The van der Waals surface area contributed by atoms with Crippen LogP contribution in [0.15, 0.2) is 36.7 Å². The van der Waals surface area contributed by atoms with Gasteiger partial charge in [-0.3, -0.25) is 4.79 Å². The van der Waals surface area contributed by atoms with Crippen molar-refractivity contribution in [1.29, 1.82) is 0 Å². The van der Waals surface area contributed by atoms with Gasteiger partial charge in [-0.05, 0) is 25.0 Å². The lowest BCUT2D eigenvalue weighted by Gasteiger charge is -2.37. The molecule has 9 nitrogen and oxygen atoms in total. The van der Waals surface area contributed by atoms with Crippen molar-refractivity contribution in [3.8, 4) is 11.4 Å². The van der Waals surface area contributed by atoms with Gasteiger partial charge in [0.1, 0.15) is 0 Å². The average molecular weight is 451 g/mol. The predicted octanol–water partition coefficient (Wildman–Crippen LogP) is 2.19. The summed E-state index contributed by atoms with van der Waals surface area (Å²) in [4.78, 5) is 30.0. The summed E-state index contributed by atoms with van der Waals surface area (Å²) < 4.78 is 10.7. The van der Waals surface area contributed by atoms with Gasteiger partial charge in [0.2, 0.25) is 5.91 Å². The van der Waals surface area contributed by atoms with Crippen LogP contribution in [-0.2, 0) is 14.3 Å². The Balaban J connectivity index is 1.42. The number of carbonyl (C=O) groups is 1. The number of rotatable bonds is 7. The molecule has 1 amide bonds. The minimum Gasteiger partial charge on any atom is -0.383 e. The lowest BCUT2D eigenvalue weighted by atomic mass is 10.1. The van der Waals surface area contributed by atoms with Crippen molar-refractivity contribution >= 4 is 28.3 Å². The highest BCUT2D eigenvalue weighted by atomic mass is 16.5. The Morgan fingerprint density at radius 3 is 2.94 bits per heavy atom. The number of amides is 1. The van der Waals surface area contributed by atoms with E-state index < -0.39 is 0 Å². The van der Waals surface area contributed by atoms with Crippen molar-refractivity contribution in [1.82, 2.24) is 20.3 Å². The van der Waals surface area contributed by atoms with Crippen LogP contribution in [0, 0.1) is 0 Å². The second-order valence-electron chi connectivity index (χ2n) is 8.50. The second-order valence-corrected chi connectivity index (χ2v) is 8.50. The molecule has 0 saturated carbocycles. The van der Waals surface area contributed by atoms with Crippen LogP contribution in [0.3, 0.4) is 0 Å². The molecule has 4 heterocycles. The summed E-state index contributed by atoms with van der Waals surface area (Å²) in [6, 6.07) is 8.32. The average Bonchev–Trinajstić information content (AvgIpc) is 3.33. The normalized spacial score (nSPS) is 16.8. The third kappa shape index (κ3) is 4.65. The lowest BCUT2D eigenvalue weighted by molar-refractivity contribution is -0.121. The zero-order chi connectivity index (χ0) is 22.6. The summed E-state index contributed by atoms with van der Waals surface area (Å²) in [6.45, 7) is 4.54. The Morgan fingerprint density at radius 2 is 2.09 bits per heavy atom. The molecular formula is C24H30N6O3. The number of H-pyrrole nitrogens is 1. The van der Waals surface area contributed by atoms with Gasteiger partial charge in [-0.15, -0.1) is 0 Å². The monoisotopic (exact) mass is 450 g/mol. The standard InChI is InChI=1S/C24H30N6O3/c1-32-14-11-29-9-10-30(16-22(31)27-17-6-12-33-13-7-17)21-15-26-23(28-24(21)29)19-3-2-4-20-18(19)5-8-25-20/h2-5,8,15,17,25H,6-7,9-14,16H2,1H3,(H,27,31). The van der Waals surface area contributed by atoms with Crippen LogP contribution in [-0.4, -0.2) is 80.0 Å². The molecule has 2 aliphatic rings. The summed E-state index contributed by atoms with van der Waals surface area (Å²) in [5, 5.41) is 4.25. The zero-order valence-electron chi connectivity index (χ0n) is 18.9. The Bertz CT molecular complexity index is 1110. The fourth-order valence-electron chi connectivity index (χ4n) is 4.57. The Labute approximate surface area is 193 Å². The highest BCUT2D eigenvalue weighted by molar-refractivity contribution is 5.94. The second kappa shape index (κ2) is 9.76. The van der Waals surface area contributed by atoms with Gasteiger partial charge in [-0.1, -0.05) is 12.1 Å². The fraction of sp³-hybridized carbons (Fsp3) is 0.458. The van der Waals surface area contributed by atoms with Crippen molar-refractivity contribution in [2.45, 2.75) is 18.9 Å². The maximum absolute atomic E-state index is 12.8. The van der Waals surface area contributed by atoms with E-state index in [-0.39, 0.29) is 11.9 Å². The zero-order valence-corrected chi connectivity index (χ0v) is 18.9. The molecule has 0 aliphatic carbocycles. The molecule has 5 rings (SSSR count). The molecule has 0 bridgehead atoms. The van der Waals surface area contributed by atoms with E-state index in [0.717, 1.165) is 60.4 Å². The van der Waals surface area contributed by atoms with Crippen LogP contribution in [0.1, 0.15) is 12.8 Å². The number of nitrogens with one attached hydrogen (secondary N) is 2. The van der Waals surface area contributed by atoms with E-state index >= 15 is 0 Å². The fourth-order valence-corrected chi connectivity index (χ4v) is 4.57. The molecule has 1 saturated heterocycles. The highest BCUT2D eigenvalue weighted by Crippen LogP contribution is 2.34. The maximum atomic E-state index is 12.8. The largest absolute Gasteiger partial charge is 0.383 e. The lowest BCUT2D eigenvalue weighted by Crippen LogP contribution is -2.49. The first-order valence-corrected chi connectivity index (χ1v) is 11.5. The molecular weight excluding hydrogens is 420 g/mol. The van der Waals surface area contributed by atoms with Crippen LogP contribution < -0.4 is 15.1 Å². The number of aromatic amines is 1. The molecule has 0 atom stereocenters.